The van der Waals surface area contributed by atoms with E-state index in [4.69, 9.17) is 5.26 Å². The summed E-state index contributed by atoms with van der Waals surface area (Å²) in [6.07, 6.45) is -4.54. The van der Waals surface area contributed by atoms with Crippen molar-refractivity contribution < 1.29 is 26.4 Å². The number of alkyl halides is 3. The number of carbonyl (C=O) groups is 1. The van der Waals surface area contributed by atoms with Gasteiger partial charge in [0.1, 0.15) is 0 Å². The highest BCUT2D eigenvalue weighted by molar-refractivity contribution is 7.89. The van der Waals surface area contributed by atoms with Crippen LogP contribution in [-0.4, -0.2) is 44.7 Å². The number of carbonyl (C=O) groups excluding carboxylic acids is 1. The quantitative estimate of drug-likeness (QED) is 0.686. The van der Waals surface area contributed by atoms with Crippen LogP contribution in [0.3, 0.4) is 0 Å². The van der Waals surface area contributed by atoms with E-state index in [9.17, 15) is 26.4 Å². The molecule has 6 nitrogen and oxygen atoms in total. The van der Waals surface area contributed by atoms with Crippen LogP contribution >= 0.6 is 0 Å². The molecule has 2 aromatic rings. The maximum absolute atomic E-state index is 12.8. The molecule has 3 rings (SSSR count). The number of hydrogen-bond donors (Lipinski definition) is 0. The predicted molar refractivity (Wildman–Crippen MR) is 104 cm³/mol. The van der Waals surface area contributed by atoms with E-state index in [-0.39, 0.29) is 36.9 Å². The van der Waals surface area contributed by atoms with Crippen molar-refractivity contribution >= 4 is 21.5 Å². The van der Waals surface area contributed by atoms with E-state index >= 15 is 0 Å². The number of Topliss-reactive ketones (excluding diaryl/α,β-unsaturated/α-hetero) is 1. The first-order valence-corrected chi connectivity index (χ1v) is 10.5. The van der Waals surface area contributed by atoms with Crippen molar-refractivity contribution in [3.63, 3.8) is 0 Å². The fourth-order valence-electron chi connectivity index (χ4n) is 3.29. The Hall–Kier alpha value is -2.90. The van der Waals surface area contributed by atoms with Gasteiger partial charge in [0.15, 0.2) is 5.78 Å². The summed E-state index contributed by atoms with van der Waals surface area (Å²) in [4.78, 5) is 13.5. The van der Waals surface area contributed by atoms with Gasteiger partial charge in [-0.05, 0) is 49.4 Å². The zero-order chi connectivity index (χ0) is 22.1. The molecule has 1 aliphatic heterocycles. The number of piperazine rings is 1. The van der Waals surface area contributed by atoms with Crippen LogP contribution in [0, 0.1) is 11.3 Å². The number of benzene rings is 2. The van der Waals surface area contributed by atoms with Crippen LogP contribution in [0.2, 0.25) is 0 Å². The standard InChI is InChI=1S/C20H18F3N3O3S/c1-14(27)18-7-2-15(13-24)12-19(18)25-8-10-26(11-9-25)30(28,29)17-5-3-16(4-6-17)20(21,22)23/h2-7,12H,8-11H2,1H3. The number of rotatable bonds is 4. The highest BCUT2D eigenvalue weighted by Gasteiger charge is 2.33. The molecule has 2 aromatic carbocycles. The summed E-state index contributed by atoms with van der Waals surface area (Å²) in [5.74, 6) is -0.172. The molecule has 10 heteroatoms. The molecule has 0 spiro atoms. The van der Waals surface area contributed by atoms with Crippen molar-refractivity contribution in [2.75, 3.05) is 31.1 Å². The molecule has 30 heavy (non-hydrogen) atoms. The largest absolute Gasteiger partial charge is 0.416 e. The van der Waals surface area contributed by atoms with Crippen molar-refractivity contribution in [2.45, 2.75) is 18.0 Å². The van der Waals surface area contributed by atoms with Crippen molar-refractivity contribution in [3.8, 4) is 6.07 Å². The molecule has 1 fully saturated rings. The maximum Gasteiger partial charge on any atom is 0.416 e. The van der Waals surface area contributed by atoms with Crippen LogP contribution in [0.15, 0.2) is 47.4 Å². The van der Waals surface area contributed by atoms with Gasteiger partial charge >= 0.3 is 6.18 Å². The van der Waals surface area contributed by atoms with Crippen LogP contribution in [0.4, 0.5) is 18.9 Å². The second-order valence-corrected chi connectivity index (χ2v) is 8.75. The molecule has 158 valence electrons. The summed E-state index contributed by atoms with van der Waals surface area (Å²) in [5.41, 5.74) is 0.469. The third kappa shape index (κ3) is 4.32. The van der Waals surface area contributed by atoms with Crippen LogP contribution in [0.1, 0.15) is 28.4 Å². The number of hydrogen-bond acceptors (Lipinski definition) is 5. The van der Waals surface area contributed by atoms with E-state index in [2.05, 4.69) is 0 Å². The Morgan fingerprint density at radius 2 is 1.63 bits per heavy atom. The van der Waals surface area contributed by atoms with Crippen molar-refractivity contribution in [3.05, 3.63) is 59.2 Å². The first-order valence-electron chi connectivity index (χ1n) is 9.01. The molecule has 0 aromatic heterocycles. The lowest BCUT2D eigenvalue weighted by molar-refractivity contribution is -0.137. The number of nitrogens with zero attached hydrogens (tertiary/aromatic N) is 3. The van der Waals surface area contributed by atoms with Gasteiger partial charge in [0, 0.05) is 37.4 Å². The third-order valence-electron chi connectivity index (χ3n) is 4.90. The molecule has 0 saturated carbocycles. The molecule has 0 N–H and O–H groups in total. The Morgan fingerprint density at radius 3 is 2.13 bits per heavy atom. The number of sulfonamides is 1. The van der Waals surface area contributed by atoms with Gasteiger partial charge < -0.3 is 4.90 Å². The number of halogens is 3. The van der Waals surface area contributed by atoms with E-state index in [1.165, 1.54) is 11.2 Å². The topological polar surface area (TPSA) is 81.5 Å². The molecule has 1 aliphatic rings. The molecule has 1 heterocycles. The Morgan fingerprint density at radius 1 is 1.03 bits per heavy atom. The number of nitriles is 1. The zero-order valence-electron chi connectivity index (χ0n) is 16.0. The fraction of sp³-hybridized carbons (Fsp3) is 0.300. The predicted octanol–water partition coefficient (Wildman–Crippen LogP) is 3.29. The second-order valence-electron chi connectivity index (χ2n) is 6.81. The van der Waals surface area contributed by atoms with E-state index in [0.717, 1.165) is 24.3 Å². The first-order chi connectivity index (χ1) is 14.0. The Kier molecular flexibility index (Phi) is 5.87. The molecule has 1 saturated heterocycles. The summed E-state index contributed by atoms with van der Waals surface area (Å²) in [7, 11) is -3.95. The summed E-state index contributed by atoms with van der Waals surface area (Å²) in [5, 5.41) is 9.12. The zero-order valence-corrected chi connectivity index (χ0v) is 16.8. The monoisotopic (exact) mass is 437 g/mol. The third-order valence-corrected chi connectivity index (χ3v) is 6.82. The lowest BCUT2D eigenvalue weighted by atomic mass is 10.0. The Balaban J connectivity index is 1.79. The molecule has 0 aliphatic carbocycles. The Bertz CT molecular complexity index is 1100. The van der Waals surface area contributed by atoms with Gasteiger partial charge in [-0.3, -0.25) is 4.79 Å². The van der Waals surface area contributed by atoms with Gasteiger partial charge in [-0.1, -0.05) is 0 Å². The summed E-state index contributed by atoms with van der Waals surface area (Å²) < 4.78 is 64.9. The molecular formula is C20H18F3N3O3S. The van der Waals surface area contributed by atoms with E-state index in [1.54, 1.807) is 18.2 Å². The summed E-state index contributed by atoms with van der Waals surface area (Å²) in [6, 6.07) is 10.1. The van der Waals surface area contributed by atoms with Crippen LogP contribution in [-0.2, 0) is 16.2 Å². The highest BCUT2D eigenvalue weighted by Crippen LogP contribution is 2.31. The molecule has 0 unspecified atom stereocenters. The fourth-order valence-corrected chi connectivity index (χ4v) is 4.72. The van der Waals surface area contributed by atoms with E-state index in [0.29, 0.717) is 16.8 Å². The normalized spacial score (nSPS) is 15.6. The van der Waals surface area contributed by atoms with Gasteiger partial charge in [-0.25, -0.2) is 8.42 Å². The Labute approximate surface area is 172 Å². The van der Waals surface area contributed by atoms with Crippen molar-refractivity contribution in [2.24, 2.45) is 0 Å². The van der Waals surface area contributed by atoms with Crippen molar-refractivity contribution in [1.82, 2.24) is 4.31 Å². The van der Waals surface area contributed by atoms with Crippen LogP contribution in [0.5, 0.6) is 0 Å². The average Bonchev–Trinajstić information content (AvgIpc) is 2.72. The number of ketones is 1. The van der Waals surface area contributed by atoms with Gasteiger partial charge in [0.05, 0.1) is 22.1 Å². The highest BCUT2D eigenvalue weighted by atomic mass is 32.2. The van der Waals surface area contributed by atoms with E-state index in [1.807, 2.05) is 11.0 Å². The molecule has 0 radical (unpaired) electrons. The van der Waals surface area contributed by atoms with Gasteiger partial charge in [0.2, 0.25) is 10.0 Å². The lowest BCUT2D eigenvalue weighted by Crippen LogP contribution is -2.49. The second kappa shape index (κ2) is 8.08. The summed E-state index contributed by atoms with van der Waals surface area (Å²) in [6.45, 7) is 2.15. The molecule has 0 amide bonds. The maximum atomic E-state index is 12.8. The van der Waals surface area contributed by atoms with Crippen molar-refractivity contribution in [1.29, 1.82) is 5.26 Å². The van der Waals surface area contributed by atoms with Gasteiger partial charge in [-0.2, -0.15) is 22.7 Å². The minimum atomic E-state index is -4.54. The first kappa shape index (κ1) is 21.8. The smallest absolute Gasteiger partial charge is 0.368 e. The molecular weight excluding hydrogens is 419 g/mol. The van der Waals surface area contributed by atoms with Crippen LogP contribution in [0.25, 0.3) is 0 Å². The van der Waals surface area contributed by atoms with Gasteiger partial charge in [0.25, 0.3) is 0 Å². The molecule has 0 bridgehead atoms. The lowest BCUT2D eigenvalue weighted by Gasteiger charge is -2.36. The minimum absolute atomic E-state index is 0.0947. The van der Waals surface area contributed by atoms with Crippen LogP contribution < -0.4 is 4.90 Å². The summed E-state index contributed by atoms with van der Waals surface area (Å²) >= 11 is 0. The van der Waals surface area contributed by atoms with E-state index < -0.39 is 21.8 Å². The number of anilines is 1. The average molecular weight is 437 g/mol. The minimum Gasteiger partial charge on any atom is -0.368 e. The SMILES string of the molecule is CC(=O)c1ccc(C#N)cc1N1CCN(S(=O)(=O)c2ccc(C(F)(F)F)cc2)CC1. The van der Waals surface area contributed by atoms with Gasteiger partial charge in [-0.15, -0.1) is 0 Å². The molecule has 0 atom stereocenters.